The third-order valence-electron chi connectivity index (χ3n) is 5.15. The molecule has 1 N–H and O–H groups in total. The second-order valence-electron chi connectivity index (χ2n) is 7.06. The molecule has 3 rings (SSSR count). The zero-order chi connectivity index (χ0) is 18.5. The predicted molar refractivity (Wildman–Crippen MR) is 105 cm³/mol. The number of rotatable bonds is 6. The van der Waals surface area contributed by atoms with Crippen LogP contribution in [0.4, 0.5) is 0 Å². The maximum atomic E-state index is 12.7. The lowest BCUT2D eigenvalue weighted by Gasteiger charge is -2.28. The molecule has 1 fully saturated rings. The Bertz CT molecular complexity index is 766. The Morgan fingerprint density at radius 2 is 1.92 bits per heavy atom. The van der Waals surface area contributed by atoms with E-state index in [0.717, 1.165) is 35.5 Å². The van der Waals surface area contributed by atoms with E-state index in [2.05, 4.69) is 22.3 Å². The molecule has 0 saturated carbocycles. The molecule has 138 valence electrons. The van der Waals surface area contributed by atoms with Crippen LogP contribution in [0.2, 0.25) is 0 Å². The van der Waals surface area contributed by atoms with Gasteiger partial charge in [-0.25, -0.2) is 0 Å². The number of aryl methyl sites for hydroxylation is 2. The second-order valence-corrected chi connectivity index (χ2v) is 7.06. The molecule has 1 aliphatic rings. The van der Waals surface area contributed by atoms with Crippen LogP contribution in [0.15, 0.2) is 42.5 Å². The van der Waals surface area contributed by atoms with E-state index >= 15 is 0 Å². The van der Waals surface area contributed by atoms with E-state index in [1.54, 1.807) is 7.11 Å². The molecule has 4 heteroatoms. The van der Waals surface area contributed by atoms with Crippen LogP contribution < -0.4 is 10.1 Å². The van der Waals surface area contributed by atoms with Gasteiger partial charge in [-0.3, -0.25) is 9.69 Å². The van der Waals surface area contributed by atoms with E-state index in [1.807, 2.05) is 44.2 Å². The van der Waals surface area contributed by atoms with Gasteiger partial charge in [-0.2, -0.15) is 0 Å². The first-order valence-corrected chi connectivity index (χ1v) is 9.32. The molecule has 1 aliphatic heterocycles. The van der Waals surface area contributed by atoms with Gasteiger partial charge in [-0.15, -0.1) is 0 Å². The molecule has 4 nitrogen and oxygen atoms in total. The van der Waals surface area contributed by atoms with Gasteiger partial charge in [0.2, 0.25) is 0 Å². The molecule has 0 bridgehead atoms. The summed E-state index contributed by atoms with van der Waals surface area (Å²) in [5.74, 6) is 0.853. The summed E-state index contributed by atoms with van der Waals surface area (Å²) in [4.78, 5) is 15.2. The van der Waals surface area contributed by atoms with Crippen molar-refractivity contribution >= 4 is 5.91 Å². The van der Waals surface area contributed by atoms with Crippen molar-refractivity contribution in [3.05, 3.63) is 64.7 Å². The highest BCUT2D eigenvalue weighted by molar-refractivity contribution is 5.95. The second kappa shape index (κ2) is 8.37. The monoisotopic (exact) mass is 352 g/mol. The van der Waals surface area contributed by atoms with Gasteiger partial charge in [0.25, 0.3) is 5.91 Å². The first kappa shape index (κ1) is 18.5. The summed E-state index contributed by atoms with van der Waals surface area (Å²) < 4.78 is 5.39. The molecule has 2 aromatic rings. The number of nitrogens with zero attached hydrogens (tertiary/aromatic N) is 1. The van der Waals surface area contributed by atoms with Crippen molar-refractivity contribution < 1.29 is 9.53 Å². The Kier molecular flexibility index (Phi) is 5.94. The summed E-state index contributed by atoms with van der Waals surface area (Å²) in [5.41, 5.74) is 4.06. The van der Waals surface area contributed by atoms with E-state index in [-0.39, 0.29) is 11.9 Å². The standard InChI is InChI=1S/C22H28N2O2/c1-16-9-10-17(2)20(13-16)22(25)23-15-21(24-11-4-5-12-24)18-7-6-8-19(14-18)26-3/h6-10,13-14,21H,4-5,11-12,15H2,1-3H3,(H,23,25). The minimum Gasteiger partial charge on any atom is -0.497 e. The van der Waals surface area contributed by atoms with Gasteiger partial charge in [-0.05, 0) is 69.1 Å². The number of hydrogen-bond donors (Lipinski definition) is 1. The van der Waals surface area contributed by atoms with E-state index in [4.69, 9.17) is 4.74 Å². The molecule has 1 atom stereocenters. The normalized spacial score (nSPS) is 15.7. The topological polar surface area (TPSA) is 41.6 Å². The van der Waals surface area contributed by atoms with Crippen LogP contribution in [0.5, 0.6) is 5.75 Å². The largest absolute Gasteiger partial charge is 0.497 e. The molecule has 2 aromatic carbocycles. The van der Waals surface area contributed by atoms with E-state index in [0.29, 0.717) is 6.54 Å². The highest BCUT2D eigenvalue weighted by atomic mass is 16.5. The smallest absolute Gasteiger partial charge is 0.251 e. The number of carbonyl (C=O) groups excluding carboxylic acids is 1. The molecule has 1 heterocycles. The minimum absolute atomic E-state index is 0.00158. The van der Waals surface area contributed by atoms with Crippen molar-refractivity contribution in [1.82, 2.24) is 10.2 Å². The number of benzene rings is 2. The van der Waals surface area contributed by atoms with Crippen LogP contribution in [0.3, 0.4) is 0 Å². The van der Waals surface area contributed by atoms with E-state index in [1.165, 1.54) is 18.4 Å². The molecule has 1 saturated heterocycles. The fourth-order valence-electron chi connectivity index (χ4n) is 3.62. The first-order valence-electron chi connectivity index (χ1n) is 9.32. The van der Waals surface area contributed by atoms with Crippen LogP contribution in [0, 0.1) is 13.8 Å². The molecule has 0 aliphatic carbocycles. The van der Waals surface area contributed by atoms with Gasteiger partial charge in [0.1, 0.15) is 5.75 Å². The maximum absolute atomic E-state index is 12.7. The van der Waals surface area contributed by atoms with Gasteiger partial charge >= 0.3 is 0 Å². The Morgan fingerprint density at radius 1 is 1.15 bits per heavy atom. The zero-order valence-electron chi connectivity index (χ0n) is 15.9. The number of amides is 1. The van der Waals surface area contributed by atoms with Crippen molar-refractivity contribution in [2.75, 3.05) is 26.7 Å². The molecule has 26 heavy (non-hydrogen) atoms. The molecule has 0 radical (unpaired) electrons. The summed E-state index contributed by atoms with van der Waals surface area (Å²) in [7, 11) is 1.69. The highest BCUT2D eigenvalue weighted by Gasteiger charge is 2.24. The lowest BCUT2D eigenvalue weighted by Crippen LogP contribution is -2.37. The fourth-order valence-corrected chi connectivity index (χ4v) is 3.62. The summed E-state index contributed by atoms with van der Waals surface area (Å²) >= 11 is 0. The average molecular weight is 352 g/mol. The molecule has 1 unspecified atom stereocenters. The molecule has 1 amide bonds. The zero-order valence-corrected chi connectivity index (χ0v) is 15.9. The number of hydrogen-bond acceptors (Lipinski definition) is 3. The maximum Gasteiger partial charge on any atom is 0.251 e. The number of carbonyl (C=O) groups is 1. The predicted octanol–water partition coefficient (Wildman–Crippen LogP) is 3.88. The van der Waals surface area contributed by atoms with Crippen LogP contribution in [0.25, 0.3) is 0 Å². The summed E-state index contributed by atoms with van der Waals surface area (Å²) in [6.45, 7) is 6.73. The van der Waals surface area contributed by atoms with Gasteiger partial charge < -0.3 is 10.1 Å². The van der Waals surface area contributed by atoms with Gasteiger partial charge in [-0.1, -0.05) is 29.8 Å². The number of likely N-dealkylation sites (tertiary alicyclic amines) is 1. The van der Waals surface area contributed by atoms with Gasteiger partial charge in [0, 0.05) is 12.1 Å². The van der Waals surface area contributed by atoms with Crippen molar-refractivity contribution in [3.8, 4) is 5.75 Å². The Morgan fingerprint density at radius 3 is 2.65 bits per heavy atom. The number of nitrogens with one attached hydrogen (secondary N) is 1. The third kappa shape index (κ3) is 4.25. The van der Waals surface area contributed by atoms with Gasteiger partial charge in [0.15, 0.2) is 0 Å². The first-order chi connectivity index (χ1) is 12.6. The van der Waals surface area contributed by atoms with Crippen molar-refractivity contribution in [1.29, 1.82) is 0 Å². The Balaban J connectivity index is 1.77. The van der Waals surface area contributed by atoms with E-state index in [9.17, 15) is 4.79 Å². The number of ether oxygens (including phenoxy) is 1. The summed E-state index contributed by atoms with van der Waals surface area (Å²) in [6.07, 6.45) is 2.43. The molecule has 0 aromatic heterocycles. The fraction of sp³-hybridized carbons (Fsp3) is 0.409. The molecule has 0 spiro atoms. The Hall–Kier alpha value is -2.33. The minimum atomic E-state index is -0.00158. The summed E-state index contributed by atoms with van der Waals surface area (Å²) in [5, 5.41) is 3.16. The third-order valence-corrected chi connectivity index (χ3v) is 5.15. The van der Waals surface area contributed by atoms with Crippen molar-refractivity contribution in [2.45, 2.75) is 32.7 Å². The van der Waals surface area contributed by atoms with Crippen LogP contribution >= 0.6 is 0 Å². The lowest BCUT2D eigenvalue weighted by atomic mass is 10.0. The van der Waals surface area contributed by atoms with Crippen LogP contribution in [-0.4, -0.2) is 37.6 Å². The SMILES string of the molecule is COc1cccc(C(CNC(=O)c2cc(C)ccc2C)N2CCCC2)c1. The van der Waals surface area contributed by atoms with Gasteiger partial charge in [0.05, 0.1) is 13.2 Å². The highest BCUT2D eigenvalue weighted by Crippen LogP contribution is 2.27. The van der Waals surface area contributed by atoms with Crippen LogP contribution in [0.1, 0.15) is 45.9 Å². The average Bonchev–Trinajstić information content (AvgIpc) is 3.18. The summed E-state index contributed by atoms with van der Waals surface area (Å²) in [6, 6.07) is 14.3. The Labute approximate surface area is 156 Å². The van der Waals surface area contributed by atoms with Crippen molar-refractivity contribution in [3.63, 3.8) is 0 Å². The quantitative estimate of drug-likeness (QED) is 0.858. The molecular formula is C22H28N2O2. The van der Waals surface area contributed by atoms with Crippen LogP contribution in [-0.2, 0) is 0 Å². The van der Waals surface area contributed by atoms with Crippen molar-refractivity contribution in [2.24, 2.45) is 0 Å². The lowest BCUT2D eigenvalue weighted by molar-refractivity contribution is 0.0937. The number of methoxy groups -OCH3 is 1. The molecular weight excluding hydrogens is 324 g/mol. The van der Waals surface area contributed by atoms with E-state index < -0.39 is 0 Å².